The molecule has 0 heterocycles. The lowest BCUT2D eigenvalue weighted by Crippen LogP contribution is -2.33. The molecule has 2 aromatic carbocycles. The molecule has 0 saturated heterocycles. The summed E-state index contributed by atoms with van der Waals surface area (Å²) in [5.74, 6) is -0.00762. The molecule has 0 saturated carbocycles. The van der Waals surface area contributed by atoms with E-state index >= 15 is 0 Å². The van der Waals surface area contributed by atoms with E-state index in [0.29, 0.717) is 11.8 Å². The molecule has 0 fully saturated rings. The standard InChI is InChI=1S/C18H22FNO/c1-3-20-16(11-14-7-5-4-6-8-14)12-15-9-10-18(21-2)17(19)13-15/h4-10,13,16,20H,3,11-12H2,1-2H3. The van der Waals surface area contributed by atoms with Crippen LogP contribution in [0.3, 0.4) is 0 Å². The van der Waals surface area contributed by atoms with Crippen molar-refractivity contribution in [1.82, 2.24) is 5.32 Å². The summed E-state index contributed by atoms with van der Waals surface area (Å²) < 4.78 is 18.7. The van der Waals surface area contributed by atoms with E-state index in [1.807, 2.05) is 24.3 Å². The number of halogens is 1. The van der Waals surface area contributed by atoms with Crippen LogP contribution < -0.4 is 10.1 Å². The molecule has 3 heteroatoms. The van der Waals surface area contributed by atoms with Gasteiger partial charge in [0.2, 0.25) is 0 Å². The van der Waals surface area contributed by atoms with Gasteiger partial charge < -0.3 is 10.1 Å². The summed E-state index contributed by atoms with van der Waals surface area (Å²) in [7, 11) is 1.48. The number of rotatable bonds is 7. The number of hydrogen-bond donors (Lipinski definition) is 1. The van der Waals surface area contributed by atoms with Gasteiger partial charge in [-0.05, 0) is 42.6 Å². The highest BCUT2D eigenvalue weighted by molar-refractivity contribution is 5.30. The normalized spacial score (nSPS) is 12.1. The summed E-state index contributed by atoms with van der Waals surface area (Å²) in [6.45, 7) is 2.99. The molecule has 2 rings (SSSR count). The van der Waals surface area contributed by atoms with E-state index in [-0.39, 0.29) is 5.82 Å². The van der Waals surface area contributed by atoms with Gasteiger partial charge in [-0.2, -0.15) is 0 Å². The molecule has 2 nitrogen and oxygen atoms in total. The molecule has 1 atom stereocenters. The first kappa shape index (κ1) is 15.5. The molecular formula is C18H22FNO. The Morgan fingerprint density at radius 3 is 2.38 bits per heavy atom. The fraction of sp³-hybridized carbons (Fsp3) is 0.333. The lowest BCUT2D eigenvalue weighted by molar-refractivity contribution is 0.386. The van der Waals surface area contributed by atoms with Crippen molar-refractivity contribution in [2.45, 2.75) is 25.8 Å². The van der Waals surface area contributed by atoms with Crippen molar-refractivity contribution in [3.63, 3.8) is 0 Å². The smallest absolute Gasteiger partial charge is 0.165 e. The summed E-state index contributed by atoms with van der Waals surface area (Å²) in [6, 6.07) is 15.8. The molecule has 0 aliphatic rings. The SMILES string of the molecule is CCNC(Cc1ccccc1)Cc1ccc(OC)c(F)c1. The summed E-state index contributed by atoms with van der Waals surface area (Å²) in [4.78, 5) is 0. The van der Waals surface area contributed by atoms with Crippen molar-refractivity contribution >= 4 is 0 Å². The maximum Gasteiger partial charge on any atom is 0.165 e. The Balaban J connectivity index is 2.07. The van der Waals surface area contributed by atoms with Crippen LogP contribution in [0.4, 0.5) is 4.39 Å². The third kappa shape index (κ3) is 4.57. The first-order chi connectivity index (χ1) is 10.2. The highest BCUT2D eigenvalue weighted by atomic mass is 19.1. The van der Waals surface area contributed by atoms with E-state index in [9.17, 15) is 4.39 Å². The Morgan fingerprint density at radius 2 is 1.76 bits per heavy atom. The van der Waals surface area contributed by atoms with Crippen LogP contribution in [0.1, 0.15) is 18.1 Å². The Hall–Kier alpha value is -1.87. The molecule has 1 N–H and O–H groups in total. The first-order valence-corrected chi connectivity index (χ1v) is 7.32. The molecule has 0 bridgehead atoms. The fourth-order valence-corrected chi connectivity index (χ4v) is 2.53. The van der Waals surface area contributed by atoms with Crippen LogP contribution in [-0.2, 0) is 12.8 Å². The van der Waals surface area contributed by atoms with Gasteiger partial charge in [0.15, 0.2) is 11.6 Å². The van der Waals surface area contributed by atoms with E-state index in [1.165, 1.54) is 12.7 Å². The minimum Gasteiger partial charge on any atom is -0.494 e. The molecule has 0 aromatic heterocycles. The quantitative estimate of drug-likeness (QED) is 0.840. The Morgan fingerprint density at radius 1 is 1.05 bits per heavy atom. The second-order valence-electron chi connectivity index (χ2n) is 5.12. The van der Waals surface area contributed by atoms with E-state index in [4.69, 9.17) is 4.74 Å². The fourth-order valence-electron chi connectivity index (χ4n) is 2.53. The number of methoxy groups -OCH3 is 1. The second kappa shape index (κ2) is 7.79. The van der Waals surface area contributed by atoms with E-state index in [0.717, 1.165) is 24.9 Å². The maximum atomic E-state index is 13.8. The number of hydrogen-bond acceptors (Lipinski definition) is 2. The van der Waals surface area contributed by atoms with Crippen molar-refractivity contribution in [2.24, 2.45) is 0 Å². The van der Waals surface area contributed by atoms with Crippen molar-refractivity contribution in [2.75, 3.05) is 13.7 Å². The largest absolute Gasteiger partial charge is 0.494 e. The van der Waals surface area contributed by atoms with Crippen LogP contribution in [0.2, 0.25) is 0 Å². The first-order valence-electron chi connectivity index (χ1n) is 7.32. The van der Waals surface area contributed by atoms with Crippen LogP contribution in [0, 0.1) is 5.82 Å². The monoisotopic (exact) mass is 287 g/mol. The number of likely N-dealkylation sites (N-methyl/N-ethyl adjacent to an activating group) is 1. The minimum absolute atomic E-state index is 0.293. The lowest BCUT2D eigenvalue weighted by atomic mass is 9.99. The van der Waals surface area contributed by atoms with Gasteiger partial charge in [0.25, 0.3) is 0 Å². The predicted octanol–water partition coefficient (Wildman–Crippen LogP) is 3.60. The molecule has 0 aliphatic carbocycles. The molecule has 0 spiro atoms. The van der Waals surface area contributed by atoms with Crippen LogP contribution in [0.25, 0.3) is 0 Å². The Kier molecular flexibility index (Phi) is 5.76. The molecule has 112 valence electrons. The van der Waals surface area contributed by atoms with Crippen molar-refractivity contribution in [3.05, 3.63) is 65.5 Å². The molecule has 2 aromatic rings. The highest BCUT2D eigenvalue weighted by Crippen LogP contribution is 2.19. The van der Waals surface area contributed by atoms with Gasteiger partial charge in [0, 0.05) is 6.04 Å². The van der Waals surface area contributed by atoms with Crippen molar-refractivity contribution in [3.8, 4) is 5.75 Å². The van der Waals surface area contributed by atoms with Gasteiger partial charge in [0.1, 0.15) is 0 Å². The van der Waals surface area contributed by atoms with Gasteiger partial charge in [0.05, 0.1) is 7.11 Å². The zero-order valence-electron chi connectivity index (χ0n) is 12.6. The second-order valence-corrected chi connectivity index (χ2v) is 5.12. The van der Waals surface area contributed by atoms with E-state index < -0.39 is 0 Å². The number of ether oxygens (including phenoxy) is 1. The zero-order valence-corrected chi connectivity index (χ0v) is 12.6. The van der Waals surface area contributed by atoms with Crippen LogP contribution >= 0.6 is 0 Å². The molecule has 0 amide bonds. The van der Waals surface area contributed by atoms with E-state index in [2.05, 4.69) is 24.4 Å². The predicted molar refractivity (Wildman–Crippen MR) is 84.3 cm³/mol. The van der Waals surface area contributed by atoms with Gasteiger partial charge in [-0.3, -0.25) is 0 Å². The van der Waals surface area contributed by atoms with Gasteiger partial charge in [-0.15, -0.1) is 0 Å². The van der Waals surface area contributed by atoms with Crippen molar-refractivity contribution in [1.29, 1.82) is 0 Å². The molecular weight excluding hydrogens is 265 g/mol. The summed E-state index contributed by atoms with van der Waals surface area (Å²) >= 11 is 0. The third-order valence-electron chi connectivity index (χ3n) is 3.52. The Bertz CT molecular complexity index is 556. The third-order valence-corrected chi connectivity index (χ3v) is 3.52. The van der Waals surface area contributed by atoms with Gasteiger partial charge in [-0.1, -0.05) is 43.3 Å². The highest BCUT2D eigenvalue weighted by Gasteiger charge is 2.11. The van der Waals surface area contributed by atoms with Gasteiger partial charge in [-0.25, -0.2) is 4.39 Å². The average Bonchev–Trinajstić information content (AvgIpc) is 2.49. The van der Waals surface area contributed by atoms with Crippen molar-refractivity contribution < 1.29 is 9.13 Å². The number of nitrogens with one attached hydrogen (secondary N) is 1. The minimum atomic E-state index is -0.301. The van der Waals surface area contributed by atoms with Crippen LogP contribution in [-0.4, -0.2) is 19.7 Å². The zero-order chi connectivity index (χ0) is 15.1. The molecule has 0 aliphatic heterocycles. The maximum absolute atomic E-state index is 13.8. The molecule has 21 heavy (non-hydrogen) atoms. The number of benzene rings is 2. The Labute approximate surface area is 126 Å². The average molecular weight is 287 g/mol. The summed E-state index contributed by atoms with van der Waals surface area (Å²) in [5, 5.41) is 3.47. The molecule has 1 unspecified atom stereocenters. The summed E-state index contributed by atoms with van der Waals surface area (Å²) in [5.41, 5.74) is 2.27. The lowest BCUT2D eigenvalue weighted by Gasteiger charge is -2.18. The van der Waals surface area contributed by atoms with E-state index in [1.54, 1.807) is 12.1 Å². The van der Waals surface area contributed by atoms with Gasteiger partial charge >= 0.3 is 0 Å². The topological polar surface area (TPSA) is 21.3 Å². The van der Waals surface area contributed by atoms with Crippen LogP contribution in [0.5, 0.6) is 5.75 Å². The molecule has 0 radical (unpaired) electrons. The summed E-state index contributed by atoms with van der Waals surface area (Å²) in [6.07, 6.45) is 1.73. The van der Waals surface area contributed by atoms with Crippen LogP contribution in [0.15, 0.2) is 48.5 Å².